The molecule has 17 heavy (non-hydrogen) atoms. The molecule has 5 nitrogen and oxygen atoms in total. The number of rotatable bonds is 3. The Morgan fingerprint density at radius 3 is 2.71 bits per heavy atom. The number of ether oxygens (including phenoxy) is 1. The highest BCUT2D eigenvalue weighted by Gasteiger charge is 2.19. The molecule has 0 atom stereocenters. The fraction of sp³-hybridized carbons (Fsp3) is 0.364. The molecule has 0 N–H and O–H groups in total. The molecule has 0 aromatic carbocycles. The van der Waals surface area contributed by atoms with E-state index in [-0.39, 0.29) is 18.2 Å². The average molecular weight is 257 g/mol. The minimum atomic E-state index is -0.577. The van der Waals surface area contributed by atoms with Crippen molar-refractivity contribution in [2.75, 3.05) is 18.6 Å². The van der Waals surface area contributed by atoms with Crippen LogP contribution in [0.5, 0.6) is 0 Å². The first-order valence-corrected chi connectivity index (χ1v) is 5.42. The maximum absolute atomic E-state index is 11.6. The summed E-state index contributed by atoms with van der Waals surface area (Å²) in [6.45, 7) is 3.32. The number of anilines is 1. The number of esters is 1. The van der Waals surface area contributed by atoms with Gasteiger partial charge in [-0.3, -0.25) is 4.79 Å². The van der Waals surface area contributed by atoms with Crippen molar-refractivity contribution in [2.45, 2.75) is 13.8 Å². The lowest BCUT2D eigenvalue weighted by atomic mass is 10.2. The van der Waals surface area contributed by atoms with Crippen LogP contribution in [0.15, 0.2) is 12.3 Å². The van der Waals surface area contributed by atoms with E-state index in [0.717, 1.165) is 0 Å². The van der Waals surface area contributed by atoms with Crippen molar-refractivity contribution in [1.82, 2.24) is 4.98 Å². The molecule has 92 valence electrons. The Bertz CT molecular complexity index is 448. The Kier molecular flexibility index (Phi) is 4.45. The van der Waals surface area contributed by atoms with Crippen LogP contribution < -0.4 is 4.90 Å². The van der Waals surface area contributed by atoms with Crippen LogP contribution in [0.25, 0.3) is 0 Å². The number of aromatic nitrogens is 1. The van der Waals surface area contributed by atoms with Crippen LogP contribution in [0.4, 0.5) is 5.69 Å². The average Bonchev–Trinajstić information content (AvgIpc) is 2.28. The summed E-state index contributed by atoms with van der Waals surface area (Å²) in [7, 11) is 1.54. The Morgan fingerprint density at radius 2 is 2.18 bits per heavy atom. The molecular formula is C11H13ClN2O3. The molecule has 1 aromatic heterocycles. The molecule has 0 unspecified atom stereocenters. The largest absolute Gasteiger partial charge is 0.461 e. The van der Waals surface area contributed by atoms with Gasteiger partial charge in [0.2, 0.25) is 5.91 Å². The van der Waals surface area contributed by atoms with E-state index in [4.69, 9.17) is 16.3 Å². The van der Waals surface area contributed by atoms with E-state index >= 15 is 0 Å². The van der Waals surface area contributed by atoms with Crippen LogP contribution in [0.1, 0.15) is 24.3 Å². The van der Waals surface area contributed by atoms with E-state index in [1.165, 1.54) is 24.1 Å². The van der Waals surface area contributed by atoms with Gasteiger partial charge in [-0.1, -0.05) is 11.6 Å². The van der Waals surface area contributed by atoms with Crippen molar-refractivity contribution >= 4 is 29.2 Å². The second-order valence-electron chi connectivity index (χ2n) is 3.32. The third-order valence-electron chi connectivity index (χ3n) is 2.14. The number of nitrogens with zero attached hydrogens (tertiary/aromatic N) is 2. The fourth-order valence-corrected chi connectivity index (χ4v) is 1.36. The third-order valence-corrected chi connectivity index (χ3v) is 2.34. The SMILES string of the molecule is CCOC(=O)c1ncc(Cl)cc1N(C)C(C)=O. The number of hydrogen-bond acceptors (Lipinski definition) is 4. The third kappa shape index (κ3) is 3.17. The van der Waals surface area contributed by atoms with Crippen molar-refractivity contribution in [1.29, 1.82) is 0 Å². The van der Waals surface area contributed by atoms with Gasteiger partial charge in [-0.25, -0.2) is 9.78 Å². The van der Waals surface area contributed by atoms with Crippen LogP contribution in [-0.2, 0) is 9.53 Å². The monoisotopic (exact) mass is 256 g/mol. The van der Waals surface area contributed by atoms with Crippen LogP contribution in [0, 0.1) is 0 Å². The van der Waals surface area contributed by atoms with E-state index < -0.39 is 5.97 Å². The first-order chi connectivity index (χ1) is 7.97. The van der Waals surface area contributed by atoms with E-state index in [2.05, 4.69) is 4.98 Å². The lowest BCUT2D eigenvalue weighted by Crippen LogP contribution is -2.26. The van der Waals surface area contributed by atoms with Crippen LogP contribution >= 0.6 is 11.6 Å². The lowest BCUT2D eigenvalue weighted by Gasteiger charge is -2.17. The standard InChI is InChI=1S/C11H13ClN2O3/c1-4-17-11(16)10-9(14(3)7(2)15)5-8(12)6-13-10/h5-6H,4H2,1-3H3. The zero-order valence-corrected chi connectivity index (χ0v) is 10.6. The highest BCUT2D eigenvalue weighted by atomic mass is 35.5. The Labute approximate surface area is 104 Å². The summed E-state index contributed by atoms with van der Waals surface area (Å²) in [4.78, 5) is 28.1. The molecule has 0 fully saturated rings. The Morgan fingerprint density at radius 1 is 1.53 bits per heavy atom. The molecule has 1 heterocycles. The quantitative estimate of drug-likeness (QED) is 0.775. The first kappa shape index (κ1) is 13.4. The summed E-state index contributed by atoms with van der Waals surface area (Å²) in [6.07, 6.45) is 1.34. The molecule has 0 aliphatic heterocycles. The summed E-state index contributed by atoms with van der Waals surface area (Å²) in [5.74, 6) is -0.799. The topological polar surface area (TPSA) is 59.5 Å². The van der Waals surface area contributed by atoms with Gasteiger partial charge in [-0.05, 0) is 13.0 Å². The number of halogens is 1. The zero-order chi connectivity index (χ0) is 13.0. The van der Waals surface area contributed by atoms with Crippen molar-refractivity contribution in [3.63, 3.8) is 0 Å². The molecule has 1 aromatic rings. The fourth-order valence-electron chi connectivity index (χ4n) is 1.21. The maximum atomic E-state index is 11.6. The van der Waals surface area contributed by atoms with Crippen molar-refractivity contribution in [2.24, 2.45) is 0 Å². The summed E-state index contributed by atoms with van der Waals surface area (Å²) >= 11 is 5.79. The molecular weight excluding hydrogens is 244 g/mol. The zero-order valence-electron chi connectivity index (χ0n) is 9.86. The van der Waals surface area contributed by atoms with Gasteiger partial charge in [-0.2, -0.15) is 0 Å². The summed E-state index contributed by atoms with van der Waals surface area (Å²) in [5.41, 5.74) is 0.414. The number of pyridine rings is 1. The minimum Gasteiger partial charge on any atom is -0.461 e. The Hall–Kier alpha value is -1.62. The van der Waals surface area contributed by atoms with Crippen molar-refractivity contribution in [3.8, 4) is 0 Å². The van der Waals surface area contributed by atoms with Crippen molar-refractivity contribution < 1.29 is 14.3 Å². The van der Waals surface area contributed by atoms with E-state index in [1.807, 2.05) is 0 Å². The van der Waals surface area contributed by atoms with E-state index in [1.54, 1.807) is 14.0 Å². The van der Waals surface area contributed by atoms with Gasteiger partial charge < -0.3 is 9.64 Å². The lowest BCUT2D eigenvalue weighted by molar-refractivity contribution is -0.116. The van der Waals surface area contributed by atoms with Crippen LogP contribution in [-0.4, -0.2) is 30.5 Å². The molecule has 0 radical (unpaired) electrons. The van der Waals surface area contributed by atoms with Gasteiger partial charge in [0, 0.05) is 20.2 Å². The van der Waals surface area contributed by atoms with E-state index in [9.17, 15) is 9.59 Å². The van der Waals surface area contributed by atoms with Gasteiger partial charge in [0.15, 0.2) is 5.69 Å². The molecule has 6 heteroatoms. The highest BCUT2D eigenvalue weighted by Crippen LogP contribution is 2.22. The molecule has 0 saturated heterocycles. The number of carbonyl (C=O) groups excluding carboxylic acids is 2. The highest BCUT2D eigenvalue weighted by molar-refractivity contribution is 6.31. The van der Waals surface area contributed by atoms with Gasteiger partial charge in [0.25, 0.3) is 0 Å². The molecule has 0 aliphatic rings. The second kappa shape index (κ2) is 5.63. The maximum Gasteiger partial charge on any atom is 0.359 e. The molecule has 0 bridgehead atoms. The molecule has 0 saturated carbocycles. The summed E-state index contributed by atoms with van der Waals surface area (Å²) < 4.78 is 4.86. The predicted octanol–water partition coefficient (Wildman–Crippen LogP) is 1.89. The molecule has 0 aliphatic carbocycles. The van der Waals surface area contributed by atoms with E-state index in [0.29, 0.717) is 10.7 Å². The van der Waals surface area contributed by atoms with Gasteiger partial charge in [0.05, 0.1) is 17.3 Å². The molecule has 1 rings (SSSR count). The van der Waals surface area contributed by atoms with Crippen LogP contribution in [0.3, 0.4) is 0 Å². The Balaban J connectivity index is 3.21. The summed E-state index contributed by atoms with van der Waals surface area (Å²) in [5, 5.41) is 0.348. The predicted molar refractivity (Wildman–Crippen MR) is 64.3 cm³/mol. The van der Waals surface area contributed by atoms with Gasteiger partial charge in [-0.15, -0.1) is 0 Å². The number of carbonyl (C=O) groups is 2. The molecule has 0 spiro atoms. The second-order valence-corrected chi connectivity index (χ2v) is 3.76. The normalized spacial score (nSPS) is 9.88. The minimum absolute atomic E-state index is 0.0777. The number of hydrogen-bond donors (Lipinski definition) is 0. The van der Waals surface area contributed by atoms with Crippen LogP contribution in [0.2, 0.25) is 5.02 Å². The smallest absolute Gasteiger partial charge is 0.359 e. The summed E-state index contributed by atoms with van der Waals surface area (Å²) in [6, 6.07) is 1.50. The first-order valence-electron chi connectivity index (χ1n) is 5.04. The van der Waals surface area contributed by atoms with Crippen molar-refractivity contribution in [3.05, 3.63) is 23.0 Å². The van der Waals surface area contributed by atoms with Gasteiger partial charge >= 0.3 is 5.97 Å². The molecule has 1 amide bonds. The number of amides is 1. The van der Waals surface area contributed by atoms with Gasteiger partial charge in [0.1, 0.15) is 0 Å².